The number of anilines is 2. The van der Waals surface area contributed by atoms with Crippen molar-refractivity contribution in [1.82, 2.24) is 9.97 Å². The van der Waals surface area contributed by atoms with Crippen molar-refractivity contribution in [2.75, 3.05) is 12.4 Å². The minimum atomic E-state index is 0.680. The first-order valence-corrected chi connectivity index (χ1v) is 6.79. The van der Waals surface area contributed by atoms with Gasteiger partial charge in [-0.2, -0.15) is 0 Å². The summed E-state index contributed by atoms with van der Waals surface area (Å²) in [7, 11) is 1.62. The van der Waals surface area contributed by atoms with E-state index in [4.69, 9.17) is 9.47 Å². The molecule has 5 heteroatoms. The van der Waals surface area contributed by atoms with Crippen LogP contribution in [0.25, 0.3) is 0 Å². The number of methoxy groups -OCH3 is 1. The first kappa shape index (κ1) is 13.9. The van der Waals surface area contributed by atoms with Crippen molar-refractivity contribution in [1.29, 1.82) is 0 Å². The fourth-order valence-corrected chi connectivity index (χ4v) is 1.95. The van der Waals surface area contributed by atoms with Crippen LogP contribution in [0.3, 0.4) is 0 Å². The minimum absolute atomic E-state index is 0.680. The zero-order valence-electron chi connectivity index (χ0n) is 12.1. The third-order valence-corrected chi connectivity index (χ3v) is 2.99. The molecule has 0 amide bonds. The van der Waals surface area contributed by atoms with Gasteiger partial charge in [0.05, 0.1) is 13.3 Å². The van der Waals surface area contributed by atoms with Crippen molar-refractivity contribution in [3.05, 3.63) is 67.1 Å². The standard InChI is InChI=1S/C17H15N3O2/c1-21-15-4-2-3-5-16(15)22-14-8-6-13(7-9-14)20-17-12-18-10-11-19-17/h2-12H,1H3,(H,19,20). The van der Waals surface area contributed by atoms with E-state index < -0.39 is 0 Å². The molecule has 0 fully saturated rings. The summed E-state index contributed by atoms with van der Waals surface area (Å²) >= 11 is 0. The molecule has 0 radical (unpaired) electrons. The Morgan fingerprint density at radius 1 is 0.909 bits per heavy atom. The van der Waals surface area contributed by atoms with E-state index in [0.717, 1.165) is 11.4 Å². The summed E-state index contributed by atoms with van der Waals surface area (Å²) in [4.78, 5) is 8.18. The molecule has 0 saturated carbocycles. The maximum Gasteiger partial charge on any atom is 0.169 e. The second kappa shape index (κ2) is 6.58. The molecule has 0 aliphatic heterocycles. The van der Waals surface area contributed by atoms with Crippen LogP contribution < -0.4 is 14.8 Å². The zero-order valence-corrected chi connectivity index (χ0v) is 12.1. The first-order valence-electron chi connectivity index (χ1n) is 6.79. The molecule has 0 bridgehead atoms. The van der Waals surface area contributed by atoms with Crippen molar-refractivity contribution in [3.8, 4) is 17.2 Å². The quantitative estimate of drug-likeness (QED) is 0.770. The maximum atomic E-state index is 5.82. The number of aromatic nitrogens is 2. The number of ether oxygens (including phenoxy) is 2. The third kappa shape index (κ3) is 3.32. The largest absolute Gasteiger partial charge is 0.493 e. The Bertz CT molecular complexity index is 730. The van der Waals surface area contributed by atoms with Crippen LogP contribution in [0.1, 0.15) is 0 Å². The Balaban J connectivity index is 1.72. The summed E-state index contributed by atoms with van der Waals surface area (Å²) in [6, 6.07) is 15.1. The highest BCUT2D eigenvalue weighted by atomic mass is 16.5. The molecule has 0 aliphatic rings. The lowest BCUT2D eigenvalue weighted by Crippen LogP contribution is -1.94. The van der Waals surface area contributed by atoms with Crippen LogP contribution in [-0.2, 0) is 0 Å². The van der Waals surface area contributed by atoms with E-state index in [1.165, 1.54) is 0 Å². The summed E-state index contributed by atoms with van der Waals surface area (Å²) in [6.45, 7) is 0. The van der Waals surface area contributed by atoms with Crippen molar-refractivity contribution >= 4 is 11.5 Å². The minimum Gasteiger partial charge on any atom is -0.493 e. The molecule has 0 unspecified atom stereocenters. The molecule has 0 aliphatic carbocycles. The van der Waals surface area contributed by atoms with E-state index in [0.29, 0.717) is 17.3 Å². The summed E-state index contributed by atoms with van der Waals surface area (Å²) < 4.78 is 11.1. The molecule has 22 heavy (non-hydrogen) atoms. The molecule has 2 aromatic carbocycles. The first-order chi connectivity index (χ1) is 10.8. The van der Waals surface area contributed by atoms with Crippen LogP contribution >= 0.6 is 0 Å². The fraction of sp³-hybridized carbons (Fsp3) is 0.0588. The maximum absolute atomic E-state index is 5.82. The van der Waals surface area contributed by atoms with Crippen LogP contribution in [0, 0.1) is 0 Å². The highest BCUT2D eigenvalue weighted by Crippen LogP contribution is 2.31. The van der Waals surface area contributed by atoms with E-state index in [9.17, 15) is 0 Å². The smallest absolute Gasteiger partial charge is 0.169 e. The van der Waals surface area contributed by atoms with Gasteiger partial charge in [0, 0.05) is 18.1 Å². The summed E-state index contributed by atoms with van der Waals surface area (Å²) in [5.41, 5.74) is 0.910. The van der Waals surface area contributed by atoms with E-state index in [1.807, 2.05) is 48.5 Å². The monoisotopic (exact) mass is 293 g/mol. The molecular weight excluding hydrogens is 278 g/mol. The Morgan fingerprint density at radius 2 is 1.68 bits per heavy atom. The molecule has 5 nitrogen and oxygen atoms in total. The van der Waals surface area contributed by atoms with Crippen LogP contribution in [0.15, 0.2) is 67.1 Å². The summed E-state index contributed by atoms with van der Waals surface area (Å²) in [5.74, 6) is 2.80. The van der Waals surface area contributed by atoms with Gasteiger partial charge in [-0.15, -0.1) is 0 Å². The van der Waals surface area contributed by atoms with Gasteiger partial charge in [-0.3, -0.25) is 4.98 Å². The van der Waals surface area contributed by atoms with Crippen molar-refractivity contribution in [3.63, 3.8) is 0 Å². The van der Waals surface area contributed by atoms with Gasteiger partial charge in [0.25, 0.3) is 0 Å². The Hall–Kier alpha value is -3.08. The zero-order chi connectivity index (χ0) is 15.2. The number of para-hydroxylation sites is 2. The summed E-state index contributed by atoms with van der Waals surface area (Å²) in [5, 5.41) is 3.16. The Morgan fingerprint density at radius 3 is 2.36 bits per heavy atom. The van der Waals surface area contributed by atoms with Crippen molar-refractivity contribution < 1.29 is 9.47 Å². The van der Waals surface area contributed by atoms with Gasteiger partial charge in [0.1, 0.15) is 11.6 Å². The molecule has 0 saturated heterocycles. The predicted octanol–water partition coefficient (Wildman–Crippen LogP) is 4.02. The highest BCUT2D eigenvalue weighted by molar-refractivity contribution is 5.56. The normalized spacial score (nSPS) is 10.0. The second-order valence-corrected chi connectivity index (χ2v) is 4.49. The number of nitrogens with zero attached hydrogens (tertiary/aromatic N) is 2. The SMILES string of the molecule is COc1ccccc1Oc1ccc(Nc2cnccn2)cc1. The van der Waals surface area contributed by atoms with Gasteiger partial charge in [0.2, 0.25) is 0 Å². The lowest BCUT2D eigenvalue weighted by molar-refractivity contribution is 0.379. The average Bonchev–Trinajstić information content (AvgIpc) is 2.58. The molecule has 110 valence electrons. The second-order valence-electron chi connectivity index (χ2n) is 4.49. The number of hydrogen-bond acceptors (Lipinski definition) is 5. The Kier molecular flexibility index (Phi) is 4.15. The number of rotatable bonds is 5. The molecule has 3 rings (SSSR count). The van der Waals surface area contributed by atoms with Crippen LogP contribution in [0.2, 0.25) is 0 Å². The van der Waals surface area contributed by atoms with Gasteiger partial charge in [-0.05, 0) is 36.4 Å². The van der Waals surface area contributed by atoms with Crippen LogP contribution in [0.5, 0.6) is 17.2 Å². The van der Waals surface area contributed by atoms with Gasteiger partial charge in [0.15, 0.2) is 11.5 Å². The lowest BCUT2D eigenvalue weighted by Gasteiger charge is -2.10. The molecule has 1 heterocycles. The van der Waals surface area contributed by atoms with Crippen molar-refractivity contribution in [2.45, 2.75) is 0 Å². The number of benzene rings is 2. The number of hydrogen-bond donors (Lipinski definition) is 1. The van der Waals surface area contributed by atoms with E-state index >= 15 is 0 Å². The fourth-order valence-electron chi connectivity index (χ4n) is 1.95. The van der Waals surface area contributed by atoms with Gasteiger partial charge >= 0.3 is 0 Å². The topological polar surface area (TPSA) is 56.3 Å². The highest BCUT2D eigenvalue weighted by Gasteiger charge is 2.04. The molecular formula is C17H15N3O2. The number of nitrogens with one attached hydrogen (secondary N) is 1. The molecule has 1 aromatic heterocycles. The average molecular weight is 293 g/mol. The molecule has 3 aromatic rings. The van der Waals surface area contributed by atoms with E-state index in [-0.39, 0.29) is 0 Å². The Labute approximate surface area is 128 Å². The lowest BCUT2D eigenvalue weighted by atomic mass is 10.3. The van der Waals surface area contributed by atoms with E-state index in [1.54, 1.807) is 25.7 Å². The van der Waals surface area contributed by atoms with Gasteiger partial charge < -0.3 is 14.8 Å². The third-order valence-electron chi connectivity index (χ3n) is 2.99. The van der Waals surface area contributed by atoms with Gasteiger partial charge in [-0.25, -0.2) is 4.98 Å². The molecule has 0 atom stereocenters. The molecule has 0 spiro atoms. The summed E-state index contributed by atoms with van der Waals surface area (Å²) in [6.07, 6.45) is 4.94. The van der Waals surface area contributed by atoms with E-state index in [2.05, 4.69) is 15.3 Å². The predicted molar refractivity (Wildman–Crippen MR) is 84.8 cm³/mol. The van der Waals surface area contributed by atoms with Gasteiger partial charge in [-0.1, -0.05) is 12.1 Å². The van der Waals surface area contributed by atoms with Crippen LogP contribution in [0.4, 0.5) is 11.5 Å². The van der Waals surface area contributed by atoms with Crippen molar-refractivity contribution in [2.24, 2.45) is 0 Å². The van der Waals surface area contributed by atoms with Crippen LogP contribution in [-0.4, -0.2) is 17.1 Å². The molecule has 1 N–H and O–H groups in total.